The molecule has 4 aromatic carbocycles. The Morgan fingerprint density at radius 2 is 0.903 bits per heavy atom. The summed E-state index contributed by atoms with van der Waals surface area (Å²) < 4.78 is 17.3. The summed E-state index contributed by atoms with van der Waals surface area (Å²) in [7, 11) is 0. The zero-order valence-electron chi connectivity index (χ0n) is 16.4. The average molecular weight is 449 g/mol. The van der Waals surface area contributed by atoms with E-state index in [2.05, 4.69) is 0 Å². The molecule has 156 valence electrons. The summed E-state index contributed by atoms with van der Waals surface area (Å²) in [6.07, 6.45) is 0. The lowest BCUT2D eigenvalue weighted by Gasteiger charge is -2.08. The maximum Gasteiger partial charge on any atom is 0.129 e. The predicted molar refractivity (Wildman–Crippen MR) is 128 cm³/mol. The molecule has 0 heterocycles. The van der Waals surface area contributed by atoms with Gasteiger partial charge in [-0.15, -0.1) is 0 Å². The molecule has 0 saturated carbocycles. The normalized spacial score (nSPS) is 10.6. The van der Waals surface area contributed by atoms with Crippen LogP contribution in [0.25, 0.3) is 0 Å². The van der Waals surface area contributed by atoms with Gasteiger partial charge in [-0.1, -0.05) is 12.1 Å². The van der Waals surface area contributed by atoms with Gasteiger partial charge in [0.15, 0.2) is 0 Å². The second-order valence-electron chi connectivity index (χ2n) is 6.53. The summed E-state index contributed by atoms with van der Waals surface area (Å²) >= 11 is 2.57. The molecule has 7 heteroatoms. The summed E-state index contributed by atoms with van der Waals surface area (Å²) in [4.78, 5) is 1.93. The average Bonchev–Trinajstić information content (AvgIpc) is 2.76. The van der Waals surface area contributed by atoms with Gasteiger partial charge in [0.1, 0.15) is 23.0 Å². The number of hydrogen-bond donors (Lipinski definition) is 2. The van der Waals surface area contributed by atoms with Crippen LogP contribution < -0.4 is 20.9 Å². The number of rotatable bonds is 8. The predicted octanol–water partition coefficient (Wildman–Crippen LogP) is 7.17. The van der Waals surface area contributed by atoms with E-state index in [1.54, 1.807) is 12.1 Å². The molecule has 0 aliphatic heterocycles. The Balaban J connectivity index is 1.25. The summed E-state index contributed by atoms with van der Waals surface area (Å²) in [6, 6.07) is 30.0. The van der Waals surface area contributed by atoms with Crippen molar-refractivity contribution in [1.29, 1.82) is 0 Å². The van der Waals surface area contributed by atoms with Gasteiger partial charge in [-0.25, -0.2) is 3.63 Å². The lowest BCUT2D eigenvalue weighted by molar-refractivity contribution is 0.482. The van der Waals surface area contributed by atoms with E-state index in [-0.39, 0.29) is 0 Å². The molecule has 4 aromatic rings. The Morgan fingerprint density at radius 3 is 1.29 bits per heavy atom. The van der Waals surface area contributed by atoms with Crippen LogP contribution in [0.1, 0.15) is 0 Å². The Kier molecular flexibility index (Phi) is 6.89. The highest BCUT2D eigenvalue weighted by atomic mass is 32.2. The first-order valence-corrected chi connectivity index (χ1v) is 10.9. The minimum Gasteiger partial charge on any atom is -0.457 e. The zero-order valence-corrected chi connectivity index (χ0v) is 18.1. The molecule has 0 saturated heterocycles. The van der Waals surface area contributed by atoms with Crippen LogP contribution in [0.5, 0.6) is 23.0 Å². The van der Waals surface area contributed by atoms with Crippen molar-refractivity contribution < 1.29 is 13.1 Å². The van der Waals surface area contributed by atoms with Gasteiger partial charge in [-0.2, -0.15) is 0 Å². The SMILES string of the molecule is Nc1cccc(Oc2ccc(SOSc3ccc(Oc4cccc(N)c4)cc3)cc2)c1. The van der Waals surface area contributed by atoms with E-state index < -0.39 is 0 Å². The number of benzene rings is 4. The van der Waals surface area contributed by atoms with Crippen molar-refractivity contribution in [2.45, 2.75) is 9.79 Å². The van der Waals surface area contributed by atoms with Gasteiger partial charge >= 0.3 is 0 Å². The fraction of sp³-hybridized carbons (Fsp3) is 0. The Bertz CT molecular complexity index is 1050. The first-order valence-electron chi connectivity index (χ1n) is 9.42. The molecule has 0 aromatic heterocycles. The van der Waals surface area contributed by atoms with Gasteiger partial charge in [0, 0.05) is 57.4 Å². The minimum absolute atomic E-state index is 0.666. The standard InChI is InChI=1S/C24H20N2O3S2/c25-17-3-1-5-21(15-17)27-19-7-11-23(12-8-19)30-29-31-24-13-9-20(10-14-24)28-22-6-2-4-18(26)16-22/h1-16H,25-26H2. The number of nitrogens with two attached hydrogens (primary N) is 2. The molecular formula is C24H20N2O3S2. The second kappa shape index (κ2) is 10.2. The van der Waals surface area contributed by atoms with E-state index in [9.17, 15) is 0 Å². The zero-order chi connectivity index (χ0) is 21.5. The minimum atomic E-state index is 0.666. The highest BCUT2D eigenvalue weighted by Crippen LogP contribution is 2.33. The molecule has 0 aliphatic rings. The monoisotopic (exact) mass is 448 g/mol. The fourth-order valence-electron chi connectivity index (χ4n) is 2.65. The Labute approximate surface area is 189 Å². The molecule has 0 amide bonds. The van der Waals surface area contributed by atoms with Gasteiger partial charge in [-0.3, -0.25) is 0 Å². The van der Waals surface area contributed by atoms with E-state index in [1.807, 2.05) is 84.9 Å². The van der Waals surface area contributed by atoms with Gasteiger partial charge in [0.2, 0.25) is 0 Å². The first-order chi connectivity index (χ1) is 15.1. The van der Waals surface area contributed by atoms with Crippen molar-refractivity contribution in [2.24, 2.45) is 0 Å². The van der Waals surface area contributed by atoms with Crippen LogP contribution >= 0.6 is 24.1 Å². The number of ether oxygens (including phenoxy) is 2. The third-order valence-electron chi connectivity index (χ3n) is 4.10. The van der Waals surface area contributed by atoms with E-state index in [1.165, 1.54) is 24.1 Å². The van der Waals surface area contributed by atoms with Gasteiger partial charge in [0.25, 0.3) is 0 Å². The van der Waals surface area contributed by atoms with Crippen LogP contribution in [0.15, 0.2) is 107 Å². The molecule has 4 N–H and O–H groups in total. The highest BCUT2D eigenvalue weighted by molar-refractivity contribution is 8.07. The Hall–Kier alpha value is -3.26. The van der Waals surface area contributed by atoms with Crippen molar-refractivity contribution >= 4 is 35.5 Å². The lowest BCUT2D eigenvalue weighted by Crippen LogP contribution is -1.87. The third-order valence-corrected chi connectivity index (χ3v) is 5.57. The molecule has 31 heavy (non-hydrogen) atoms. The van der Waals surface area contributed by atoms with E-state index in [4.69, 9.17) is 24.6 Å². The quantitative estimate of drug-likeness (QED) is 0.218. The van der Waals surface area contributed by atoms with E-state index >= 15 is 0 Å². The Morgan fingerprint density at radius 1 is 0.484 bits per heavy atom. The maximum atomic E-state index is 5.79. The molecule has 0 bridgehead atoms. The molecule has 0 unspecified atom stereocenters. The molecular weight excluding hydrogens is 428 g/mol. The molecule has 0 fully saturated rings. The summed E-state index contributed by atoms with van der Waals surface area (Å²) in [5, 5.41) is 0. The third kappa shape index (κ3) is 6.36. The number of nitrogen functional groups attached to an aromatic ring is 2. The van der Waals surface area contributed by atoms with Crippen LogP contribution in [0.3, 0.4) is 0 Å². The van der Waals surface area contributed by atoms with Gasteiger partial charge in [0.05, 0.1) is 0 Å². The number of hydrogen-bond acceptors (Lipinski definition) is 7. The smallest absolute Gasteiger partial charge is 0.129 e. The summed E-state index contributed by atoms with van der Waals surface area (Å²) in [5.74, 6) is 2.88. The fourth-order valence-corrected chi connectivity index (χ4v) is 3.91. The van der Waals surface area contributed by atoms with Crippen LogP contribution in [0.4, 0.5) is 11.4 Å². The molecule has 5 nitrogen and oxygen atoms in total. The molecule has 0 spiro atoms. The van der Waals surface area contributed by atoms with E-state index in [0.717, 1.165) is 21.3 Å². The van der Waals surface area contributed by atoms with Crippen LogP contribution in [0, 0.1) is 0 Å². The maximum absolute atomic E-state index is 5.79. The van der Waals surface area contributed by atoms with Crippen molar-refractivity contribution in [3.05, 3.63) is 97.1 Å². The molecule has 0 radical (unpaired) electrons. The first kappa shape index (κ1) is 21.0. The molecule has 4 rings (SSSR count). The van der Waals surface area contributed by atoms with Crippen LogP contribution in [0.2, 0.25) is 0 Å². The number of anilines is 2. The highest BCUT2D eigenvalue weighted by Gasteiger charge is 2.03. The summed E-state index contributed by atoms with van der Waals surface area (Å²) in [6.45, 7) is 0. The summed E-state index contributed by atoms with van der Waals surface area (Å²) in [5.41, 5.74) is 12.9. The van der Waals surface area contributed by atoms with Crippen molar-refractivity contribution in [3.8, 4) is 23.0 Å². The van der Waals surface area contributed by atoms with Crippen LogP contribution in [-0.4, -0.2) is 0 Å². The lowest BCUT2D eigenvalue weighted by atomic mass is 10.3. The van der Waals surface area contributed by atoms with Crippen molar-refractivity contribution in [3.63, 3.8) is 0 Å². The second-order valence-corrected chi connectivity index (χ2v) is 8.35. The topological polar surface area (TPSA) is 79.7 Å². The molecule has 0 aliphatic carbocycles. The van der Waals surface area contributed by atoms with Crippen LogP contribution in [-0.2, 0) is 3.63 Å². The largest absolute Gasteiger partial charge is 0.457 e. The van der Waals surface area contributed by atoms with E-state index in [0.29, 0.717) is 22.9 Å². The molecule has 0 atom stereocenters. The van der Waals surface area contributed by atoms with Gasteiger partial charge < -0.3 is 20.9 Å². The van der Waals surface area contributed by atoms with Gasteiger partial charge in [-0.05, 0) is 72.8 Å². The van der Waals surface area contributed by atoms with Crippen molar-refractivity contribution in [2.75, 3.05) is 11.5 Å². The van der Waals surface area contributed by atoms with Crippen molar-refractivity contribution in [1.82, 2.24) is 0 Å².